The number of carbonyl (C=O) groups excluding carboxylic acids is 1. The highest BCUT2D eigenvalue weighted by atomic mass is 35.5. The van der Waals surface area contributed by atoms with Crippen molar-refractivity contribution in [1.29, 1.82) is 0 Å². The van der Waals surface area contributed by atoms with Gasteiger partial charge >= 0.3 is 0 Å². The predicted molar refractivity (Wildman–Crippen MR) is 107 cm³/mol. The quantitative estimate of drug-likeness (QED) is 0.364. The molecular formula is C21H12Cl2N2O. The molecule has 4 aromatic rings. The Labute approximate surface area is 159 Å². The molecule has 5 heteroatoms. The van der Waals surface area contributed by atoms with Crippen molar-refractivity contribution in [2.75, 3.05) is 4.90 Å². The van der Waals surface area contributed by atoms with Crippen LogP contribution in [0.2, 0.25) is 10.0 Å². The number of aryl methyl sites for hydroxylation is 1. The lowest BCUT2D eigenvalue weighted by molar-refractivity contribution is 0.101. The molecule has 126 valence electrons. The number of fused-ring (bicyclic) bond motifs is 2. The fourth-order valence-corrected chi connectivity index (χ4v) is 3.98. The third kappa shape index (κ3) is 2.08. The Balaban J connectivity index is 1.90. The summed E-state index contributed by atoms with van der Waals surface area (Å²) in [6.07, 6.45) is 0. The van der Waals surface area contributed by atoms with Gasteiger partial charge in [0.2, 0.25) is 0 Å². The molecule has 0 N–H and O–H groups in total. The third-order valence-electron chi connectivity index (χ3n) is 4.74. The number of pyridine rings is 1. The average Bonchev–Trinajstić information content (AvgIpc) is 2.92. The van der Waals surface area contributed by atoms with Gasteiger partial charge in [-0.1, -0.05) is 40.9 Å². The molecule has 0 saturated carbocycles. The first kappa shape index (κ1) is 15.6. The highest BCUT2D eigenvalue weighted by molar-refractivity contribution is 6.39. The molecule has 1 aromatic heterocycles. The van der Waals surface area contributed by atoms with Gasteiger partial charge in [-0.3, -0.25) is 9.69 Å². The van der Waals surface area contributed by atoms with Crippen LogP contribution in [0, 0.1) is 6.92 Å². The molecule has 0 saturated heterocycles. The largest absolute Gasteiger partial charge is 0.275 e. The topological polar surface area (TPSA) is 33.2 Å². The zero-order chi connectivity index (χ0) is 18.0. The molecule has 0 spiro atoms. The minimum atomic E-state index is -0.113. The number of hydrogen-bond acceptors (Lipinski definition) is 2. The van der Waals surface area contributed by atoms with E-state index in [9.17, 15) is 4.79 Å². The molecule has 1 aliphatic heterocycles. The number of aromatic nitrogens is 1. The van der Waals surface area contributed by atoms with Crippen molar-refractivity contribution < 1.29 is 4.79 Å². The van der Waals surface area contributed by atoms with Gasteiger partial charge in [-0.05, 0) is 49.4 Å². The number of hydrogen-bond donors (Lipinski definition) is 0. The SMILES string of the molecule is Cc1ccc2nc3cccc4c3c(c2c1)C(=O)N4c1cc(Cl)ccc1Cl. The van der Waals surface area contributed by atoms with Gasteiger partial charge in [0.15, 0.2) is 0 Å². The Morgan fingerprint density at radius 2 is 1.77 bits per heavy atom. The van der Waals surface area contributed by atoms with Crippen molar-refractivity contribution in [1.82, 2.24) is 4.98 Å². The summed E-state index contributed by atoms with van der Waals surface area (Å²) in [6.45, 7) is 2.01. The number of carbonyl (C=O) groups is 1. The van der Waals surface area contributed by atoms with Crippen LogP contribution in [0.5, 0.6) is 0 Å². The van der Waals surface area contributed by atoms with Gasteiger partial charge in [0.25, 0.3) is 5.91 Å². The van der Waals surface area contributed by atoms with E-state index in [1.807, 2.05) is 43.3 Å². The van der Waals surface area contributed by atoms with E-state index < -0.39 is 0 Å². The smallest absolute Gasteiger partial charge is 0.264 e. The highest BCUT2D eigenvalue weighted by Crippen LogP contribution is 2.46. The van der Waals surface area contributed by atoms with Crippen molar-refractivity contribution in [3.8, 4) is 0 Å². The van der Waals surface area contributed by atoms with Crippen LogP contribution < -0.4 is 4.90 Å². The number of benzene rings is 3. The van der Waals surface area contributed by atoms with E-state index in [2.05, 4.69) is 0 Å². The zero-order valence-corrected chi connectivity index (χ0v) is 15.3. The fraction of sp³-hybridized carbons (Fsp3) is 0.0476. The van der Waals surface area contributed by atoms with E-state index in [1.54, 1.807) is 23.1 Å². The van der Waals surface area contributed by atoms with Gasteiger partial charge in [0, 0.05) is 15.8 Å². The lowest BCUT2D eigenvalue weighted by atomic mass is 10.0. The van der Waals surface area contributed by atoms with Crippen LogP contribution in [0.4, 0.5) is 11.4 Å². The van der Waals surface area contributed by atoms with E-state index in [1.165, 1.54) is 0 Å². The van der Waals surface area contributed by atoms with Crippen LogP contribution >= 0.6 is 23.2 Å². The van der Waals surface area contributed by atoms with Crippen LogP contribution in [-0.2, 0) is 0 Å². The number of halogens is 2. The molecule has 0 atom stereocenters. The Morgan fingerprint density at radius 1 is 0.923 bits per heavy atom. The Bertz CT molecular complexity index is 1250. The first-order chi connectivity index (χ1) is 12.5. The first-order valence-electron chi connectivity index (χ1n) is 8.17. The van der Waals surface area contributed by atoms with Crippen LogP contribution in [-0.4, -0.2) is 10.9 Å². The van der Waals surface area contributed by atoms with E-state index in [0.29, 0.717) is 21.3 Å². The van der Waals surface area contributed by atoms with E-state index in [0.717, 1.165) is 33.1 Å². The summed E-state index contributed by atoms with van der Waals surface area (Å²) in [7, 11) is 0. The monoisotopic (exact) mass is 378 g/mol. The summed E-state index contributed by atoms with van der Waals surface area (Å²) in [5.41, 5.74) is 4.71. The summed E-state index contributed by atoms with van der Waals surface area (Å²) >= 11 is 12.6. The number of anilines is 2. The second-order valence-electron chi connectivity index (χ2n) is 6.41. The van der Waals surface area contributed by atoms with Gasteiger partial charge < -0.3 is 0 Å². The normalized spacial score (nSPS) is 13.2. The molecule has 0 fully saturated rings. The van der Waals surface area contributed by atoms with E-state index in [-0.39, 0.29) is 5.91 Å². The van der Waals surface area contributed by atoms with Crippen LogP contribution in [0.3, 0.4) is 0 Å². The molecule has 2 heterocycles. The Hall–Kier alpha value is -2.62. The lowest BCUT2D eigenvalue weighted by Crippen LogP contribution is -2.21. The Kier molecular flexibility index (Phi) is 3.27. The summed E-state index contributed by atoms with van der Waals surface area (Å²) in [6, 6.07) is 16.8. The zero-order valence-electron chi connectivity index (χ0n) is 13.8. The van der Waals surface area contributed by atoms with Gasteiger partial charge in [0.1, 0.15) is 0 Å². The third-order valence-corrected chi connectivity index (χ3v) is 5.29. The number of amides is 1. The van der Waals surface area contributed by atoms with Crippen molar-refractivity contribution in [3.05, 3.63) is 75.8 Å². The van der Waals surface area contributed by atoms with E-state index in [4.69, 9.17) is 28.2 Å². The minimum Gasteiger partial charge on any atom is -0.275 e. The summed E-state index contributed by atoms with van der Waals surface area (Å²) < 4.78 is 0. The fourth-order valence-electron chi connectivity index (χ4n) is 3.62. The Morgan fingerprint density at radius 3 is 2.62 bits per heavy atom. The molecule has 0 radical (unpaired) electrons. The lowest BCUT2D eigenvalue weighted by Gasteiger charge is -2.19. The minimum absolute atomic E-state index is 0.113. The average molecular weight is 379 g/mol. The molecule has 3 aromatic carbocycles. The maximum absolute atomic E-state index is 13.5. The molecule has 26 heavy (non-hydrogen) atoms. The molecule has 1 aliphatic rings. The summed E-state index contributed by atoms with van der Waals surface area (Å²) in [5.74, 6) is -0.113. The standard InChI is InChI=1S/C21H12Cl2N2O/c1-11-5-8-15-13(9-11)19-20-16(24-15)3-2-4-17(20)25(21(19)26)18-10-12(22)6-7-14(18)23/h2-10H,1H3. The van der Waals surface area contributed by atoms with E-state index >= 15 is 0 Å². The van der Waals surface area contributed by atoms with Crippen LogP contribution in [0.1, 0.15) is 15.9 Å². The maximum Gasteiger partial charge on any atom is 0.264 e. The maximum atomic E-state index is 13.5. The van der Waals surface area contributed by atoms with Gasteiger partial charge in [-0.2, -0.15) is 0 Å². The van der Waals surface area contributed by atoms with Crippen molar-refractivity contribution in [3.63, 3.8) is 0 Å². The van der Waals surface area contributed by atoms with Gasteiger partial charge in [0.05, 0.1) is 33.0 Å². The van der Waals surface area contributed by atoms with Crippen LogP contribution in [0.15, 0.2) is 54.6 Å². The molecule has 5 rings (SSSR count). The van der Waals surface area contributed by atoms with Crippen molar-refractivity contribution in [2.24, 2.45) is 0 Å². The van der Waals surface area contributed by atoms with Gasteiger partial charge in [-0.25, -0.2) is 4.98 Å². The van der Waals surface area contributed by atoms with Crippen molar-refractivity contribution in [2.45, 2.75) is 6.92 Å². The summed E-state index contributed by atoms with van der Waals surface area (Å²) in [5, 5.41) is 2.71. The molecule has 0 unspecified atom stereocenters. The molecule has 0 aliphatic carbocycles. The number of nitrogens with zero attached hydrogens (tertiary/aromatic N) is 2. The second kappa shape index (κ2) is 5.44. The second-order valence-corrected chi connectivity index (χ2v) is 7.26. The molecule has 0 bridgehead atoms. The van der Waals surface area contributed by atoms with Crippen molar-refractivity contribution >= 4 is 62.3 Å². The summed E-state index contributed by atoms with van der Waals surface area (Å²) in [4.78, 5) is 19.8. The number of rotatable bonds is 1. The predicted octanol–water partition coefficient (Wildman–Crippen LogP) is 6.30. The molecule has 3 nitrogen and oxygen atoms in total. The van der Waals surface area contributed by atoms with Gasteiger partial charge in [-0.15, -0.1) is 0 Å². The highest BCUT2D eigenvalue weighted by Gasteiger charge is 2.34. The first-order valence-corrected chi connectivity index (χ1v) is 8.93. The molecular weight excluding hydrogens is 367 g/mol. The van der Waals surface area contributed by atoms with Crippen LogP contribution in [0.25, 0.3) is 21.8 Å². The molecule has 1 amide bonds.